The van der Waals surface area contributed by atoms with Gasteiger partial charge in [0.1, 0.15) is 17.6 Å². The number of benzene rings is 1. The minimum absolute atomic E-state index is 0. The quantitative estimate of drug-likeness (QED) is 0.202. The van der Waals surface area contributed by atoms with Crippen molar-refractivity contribution in [2.24, 2.45) is 4.99 Å². The van der Waals surface area contributed by atoms with Crippen molar-refractivity contribution >= 4 is 29.9 Å². The summed E-state index contributed by atoms with van der Waals surface area (Å²) in [6, 6.07) is 7.64. The Morgan fingerprint density at radius 3 is 2.40 bits per heavy atom. The number of guanidine groups is 1. The highest BCUT2D eigenvalue weighted by atomic mass is 127. The molecule has 0 spiro atoms. The van der Waals surface area contributed by atoms with Gasteiger partial charge in [-0.15, -0.1) is 24.0 Å². The number of hydrogen-bond acceptors (Lipinski definition) is 5. The molecule has 2 rings (SSSR count). The van der Waals surface area contributed by atoms with Gasteiger partial charge in [-0.3, -0.25) is 0 Å². The van der Waals surface area contributed by atoms with Crippen LogP contribution in [0.2, 0.25) is 0 Å². The number of nitrogens with one attached hydrogen (secondary N) is 1. The van der Waals surface area contributed by atoms with E-state index in [0.717, 1.165) is 69.6 Å². The number of ether oxygens (including phenoxy) is 4. The first-order chi connectivity index (χ1) is 14.2. The Labute approximate surface area is 198 Å². The van der Waals surface area contributed by atoms with Gasteiger partial charge in [0.2, 0.25) is 0 Å². The molecule has 0 aromatic heterocycles. The van der Waals surface area contributed by atoms with Crippen LogP contribution in [-0.4, -0.2) is 76.7 Å². The van der Waals surface area contributed by atoms with Gasteiger partial charge in [0, 0.05) is 40.0 Å². The van der Waals surface area contributed by atoms with E-state index in [1.165, 1.54) is 0 Å². The van der Waals surface area contributed by atoms with Crippen LogP contribution in [0.1, 0.15) is 33.1 Å². The fourth-order valence-corrected chi connectivity index (χ4v) is 3.25. The van der Waals surface area contributed by atoms with Gasteiger partial charge in [-0.25, -0.2) is 4.99 Å². The lowest BCUT2D eigenvalue weighted by atomic mass is 10.1. The van der Waals surface area contributed by atoms with Gasteiger partial charge < -0.3 is 29.2 Å². The fourth-order valence-electron chi connectivity index (χ4n) is 3.25. The summed E-state index contributed by atoms with van der Waals surface area (Å²) in [7, 11) is 3.38. The molecular weight excluding hydrogens is 497 g/mol. The summed E-state index contributed by atoms with van der Waals surface area (Å²) >= 11 is 0. The van der Waals surface area contributed by atoms with Crippen molar-refractivity contribution in [3.05, 3.63) is 24.3 Å². The Hall–Kier alpha value is -1.26. The Morgan fingerprint density at radius 1 is 1.13 bits per heavy atom. The third kappa shape index (κ3) is 9.70. The predicted octanol–water partition coefficient (Wildman–Crippen LogP) is 3.56. The second-order valence-electron chi connectivity index (χ2n) is 7.20. The van der Waals surface area contributed by atoms with E-state index in [9.17, 15) is 0 Å². The minimum atomic E-state index is -0.0151. The number of hydrogen-bond donors (Lipinski definition) is 1. The number of halogens is 1. The molecule has 1 atom stereocenters. The van der Waals surface area contributed by atoms with E-state index >= 15 is 0 Å². The summed E-state index contributed by atoms with van der Waals surface area (Å²) in [4.78, 5) is 7.12. The zero-order chi connectivity index (χ0) is 20.9. The smallest absolute Gasteiger partial charge is 0.194 e. The Bertz CT molecular complexity index is 593. The fraction of sp³-hybridized carbons (Fsp3) is 0.682. The maximum atomic E-state index is 5.97. The lowest BCUT2D eigenvalue weighted by Crippen LogP contribution is -2.47. The summed E-state index contributed by atoms with van der Waals surface area (Å²) < 4.78 is 22.2. The molecule has 1 unspecified atom stereocenters. The highest BCUT2D eigenvalue weighted by Crippen LogP contribution is 2.18. The number of aliphatic imine (C=N–C) groups is 1. The average Bonchev–Trinajstić information content (AvgIpc) is 2.75. The molecule has 1 aromatic rings. The summed E-state index contributed by atoms with van der Waals surface area (Å²) in [5.74, 6) is 2.60. The molecular formula is C22H38IN3O4. The minimum Gasteiger partial charge on any atom is -0.497 e. The molecule has 0 radical (unpaired) electrons. The van der Waals surface area contributed by atoms with Crippen LogP contribution in [0.3, 0.4) is 0 Å². The maximum absolute atomic E-state index is 5.97. The van der Waals surface area contributed by atoms with Crippen molar-refractivity contribution in [2.45, 2.75) is 45.3 Å². The zero-order valence-electron chi connectivity index (χ0n) is 18.8. The maximum Gasteiger partial charge on any atom is 0.194 e. The molecule has 8 heteroatoms. The Morgan fingerprint density at radius 2 is 1.80 bits per heavy atom. The molecule has 0 aliphatic carbocycles. The van der Waals surface area contributed by atoms with Gasteiger partial charge in [-0.2, -0.15) is 0 Å². The van der Waals surface area contributed by atoms with Crippen LogP contribution in [0.15, 0.2) is 29.3 Å². The van der Waals surface area contributed by atoms with Gasteiger partial charge in [0.15, 0.2) is 5.96 Å². The summed E-state index contributed by atoms with van der Waals surface area (Å²) in [6.07, 6.45) is 3.32. The first kappa shape index (κ1) is 26.8. The second-order valence-corrected chi connectivity index (χ2v) is 7.20. The van der Waals surface area contributed by atoms with E-state index in [2.05, 4.69) is 17.1 Å². The number of rotatable bonds is 11. The van der Waals surface area contributed by atoms with E-state index < -0.39 is 0 Å². The lowest BCUT2D eigenvalue weighted by Gasteiger charge is -2.34. The third-order valence-electron chi connectivity index (χ3n) is 4.82. The molecule has 172 valence electrons. The molecule has 30 heavy (non-hydrogen) atoms. The second kappa shape index (κ2) is 15.5. The Balaban J connectivity index is 0.00000450. The summed E-state index contributed by atoms with van der Waals surface area (Å²) in [5.41, 5.74) is 0. The average molecular weight is 535 g/mol. The first-order valence-corrected chi connectivity index (χ1v) is 10.6. The molecule has 1 aliphatic rings. The summed E-state index contributed by atoms with van der Waals surface area (Å²) in [5, 5.41) is 3.41. The van der Waals surface area contributed by atoms with Gasteiger partial charge in [0.05, 0.1) is 19.8 Å². The molecule has 1 N–H and O–H groups in total. The lowest BCUT2D eigenvalue weighted by molar-refractivity contribution is 0.00988. The van der Waals surface area contributed by atoms with Gasteiger partial charge in [-0.05, 0) is 57.4 Å². The normalized spacial score (nSPS) is 16.0. The van der Waals surface area contributed by atoms with Crippen LogP contribution >= 0.6 is 24.0 Å². The number of nitrogens with zero attached hydrogens (tertiary/aromatic N) is 2. The standard InChI is InChI=1S/C22H37N3O4.HI/c1-5-23-22(25-13-11-20(12-14-25)28-16-6-15-26-3)24-17-18(2)29-21-9-7-19(27-4)8-10-21;/h7-10,18,20H,5-6,11-17H2,1-4H3,(H,23,24);1H. The van der Waals surface area contributed by atoms with Crippen LogP contribution in [0.25, 0.3) is 0 Å². The van der Waals surface area contributed by atoms with Crippen LogP contribution in [0.4, 0.5) is 0 Å². The van der Waals surface area contributed by atoms with E-state index in [0.29, 0.717) is 12.6 Å². The SMILES string of the molecule is CCNC(=NCC(C)Oc1ccc(OC)cc1)N1CCC(OCCCOC)CC1.I. The molecule has 0 bridgehead atoms. The molecule has 0 saturated carbocycles. The molecule has 1 heterocycles. The van der Waals surface area contributed by atoms with Crippen molar-refractivity contribution < 1.29 is 18.9 Å². The molecule has 0 amide bonds. The van der Waals surface area contributed by atoms with Crippen molar-refractivity contribution in [1.29, 1.82) is 0 Å². The van der Waals surface area contributed by atoms with Gasteiger partial charge in [0.25, 0.3) is 0 Å². The van der Waals surface area contributed by atoms with Crippen LogP contribution < -0.4 is 14.8 Å². The molecule has 7 nitrogen and oxygen atoms in total. The molecule has 1 fully saturated rings. The van der Waals surface area contributed by atoms with Crippen LogP contribution in [0, 0.1) is 0 Å². The highest BCUT2D eigenvalue weighted by molar-refractivity contribution is 14.0. The van der Waals surface area contributed by atoms with Gasteiger partial charge >= 0.3 is 0 Å². The monoisotopic (exact) mass is 535 g/mol. The van der Waals surface area contributed by atoms with Crippen LogP contribution in [0.5, 0.6) is 11.5 Å². The topological polar surface area (TPSA) is 64.6 Å². The van der Waals surface area contributed by atoms with Crippen LogP contribution in [-0.2, 0) is 9.47 Å². The number of methoxy groups -OCH3 is 2. The highest BCUT2D eigenvalue weighted by Gasteiger charge is 2.22. The zero-order valence-corrected chi connectivity index (χ0v) is 21.1. The molecule has 1 aromatic carbocycles. The number of piperidine rings is 1. The van der Waals surface area contributed by atoms with Crippen molar-refractivity contribution in [3.63, 3.8) is 0 Å². The molecule has 1 aliphatic heterocycles. The van der Waals surface area contributed by atoms with E-state index in [1.54, 1.807) is 14.2 Å². The first-order valence-electron chi connectivity index (χ1n) is 10.6. The largest absolute Gasteiger partial charge is 0.497 e. The van der Waals surface area contributed by atoms with Crippen molar-refractivity contribution in [3.8, 4) is 11.5 Å². The van der Waals surface area contributed by atoms with Gasteiger partial charge in [-0.1, -0.05) is 0 Å². The van der Waals surface area contributed by atoms with E-state index in [1.807, 2.05) is 31.2 Å². The number of likely N-dealkylation sites (tertiary alicyclic amines) is 1. The van der Waals surface area contributed by atoms with E-state index in [-0.39, 0.29) is 30.1 Å². The van der Waals surface area contributed by atoms with Crippen molar-refractivity contribution in [1.82, 2.24) is 10.2 Å². The summed E-state index contributed by atoms with van der Waals surface area (Å²) in [6.45, 7) is 9.01. The molecule has 1 saturated heterocycles. The third-order valence-corrected chi connectivity index (χ3v) is 4.82. The van der Waals surface area contributed by atoms with Crippen molar-refractivity contribution in [2.75, 3.05) is 53.6 Å². The Kier molecular flexibility index (Phi) is 13.9. The predicted molar refractivity (Wildman–Crippen MR) is 132 cm³/mol. The van der Waals surface area contributed by atoms with E-state index in [4.69, 9.17) is 23.9 Å².